The van der Waals surface area contributed by atoms with Gasteiger partial charge in [0.2, 0.25) is 0 Å². The van der Waals surface area contributed by atoms with Crippen molar-refractivity contribution >= 4 is 0 Å². The van der Waals surface area contributed by atoms with Crippen molar-refractivity contribution in [1.29, 1.82) is 0 Å². The van der Waals surface area contributed by atoms with Gasteiger partial charge in [-0.2, -0.15) is 0 Å². The van der Waals surface area contributed by atoms with Crippen LogP contribution in [0.25, 0.3) is 0 Å². The average molecular weight is 274 g/mol. The summed E-state index contributed by atoms with van der Waals surface area (Å²) in [6, 6.07) is 10.8. The first kappa shape index (κ1) is 15.5. The van der Waals surface area contributed by atoms with Gasteiger partial charge >= 0.3 is 0 Å². The van der Waals surface area contributed by atoms with Crippen molar-refractivity contribution in [1.82, 2.24) is 4.90 Å². The minimum atomic E-state index is 0.434. The van der Waals surface area contributed by atoms with Gasteiger partial charge in [0.05, 0.1) is 0 Å². The third-order valence-electron chi connectivity index (χ3n) is 4.94. The summed E-state index contributed by atoms with van der Waals surface area (Å²) in [5.41, 5.74) is 8.91. The number of aryl methyl sites for hydroxylation is 1. The molecule has 0 radical (unpaired) electrons. The molecule has 2 rings (SSSR count). The van der Waals surface area contributed by atoms with Crippen molar-refractivity contribution in [2.24, 2.45) is 5.73 Å². The first-order valence-electron chi connectivity index (χ1n) is 8.25. The maximum atomic E-state index is 6.04. The fourth-order valence-corrected chi connectivity index (χ4v) is 3.50. The predicted octanol–water partition coefficient (Wildman–Crippen LogP) is 3.90. The monoisotopic (exact) mass is 274 g/mol. The lowest BCUT2D eigenvalue weighted by Gasteiger charge is -2.39. The van der Waals surface area contributed by atoms with E-state index in [0.717, 1.165) is 13.0 Å². The van der Waals surface area contributed by atoms with E-state index in [1.54, 1.807) is 0 Å². The number of rotatable bonds is 5. The molecule has 1 aromatic carbocycles. The summed E-state index contributed by atoms with van der Waals surface area (Å²) in [6.45, 7) is 7.96. The van der Waals surface area contributed by atoms with Crippen LogP contribution >= 0.6 is 0 Å². The summed E-state index contributed by atoms with van der Waals surface area (Å²) in [7, 11) is 0. The van der Waals surface area contributed by atoms with Crippen molar-refractivity contribution in [2.75, 3.05) is 6.54 Å². The maximum Gasteiger partial charge on any atom is 0.0322 e. The second-order valence-corrected chi connectivity index (χ2v) is 6.17. The van der Waals surface area contributed by atoms with Gasteiger partial charge < -0.3 is 5.73 Å². The highest BCUT2D eigenvalue weighted by molar-refractivity contribution is 5.25. The molecule has 2 heteroatoms. The molecule has 0 bridgehead atoms. The third-order valence-corrected chi connectivity index (χ3v) is 4.94. The molecule has 1 atom stereocenters. The lowest BCUT2D eigenvalue weighted by Crippen LogP contribution is -2.42. The SMILES string of the molecule is CCc1ccc(C(C)N(CC)C2CCC(N)CC2)cc1. The van der Waals surface area contributed by atoms with Crippen molar-refractivity contribution in [3.8, 4) is 0 Å². The highest BCUT2D eigenvalue weighted by Gasteiger charge is 2.26. The molecular weight excluding hydrogens is 244 g/mol. The van der Waals surface area contributed by atoms with Gasteiger partial charge in [0.25, 0.3) is 0 Å². The van der Waals surface area contributed by atoms with Crippen LogP contribution in [0.15, 0.2) is 24.3 Å². The molecule has 1 aromatic rings. The van der Waals surface area contributed by atoms with Crippen molar-refractivity contribution in [3.63, 3.8) is 0 Å². The van der Waals surface area contributed by atoms with E-state index in [1.165, 1.54) is 36.8 Å². The Labute approximate surface area is 124 Å². The molecule has 0 spiro atoms. The number of hydrogen-bond donors (Lipinski definition) is 1. The average Bonchev–Trinajstić information content (AvgIpc) is 2.50. The second-order valence-electron chi connectivity index (χ2n) is 6.17. The van der Waals surface area contributed by atoms with Gasteiger partial charge in [0.15, 0.2) is 0 Å². The summed E-state index contributed by atoms with van der Waals surface area (Å²) in [6.07, 6.45) is 6.00. The molecule has 112 valence electrons. The zero-order chi connectivity index (χ0) is 14.5. The normalized spacial score (nSPS) is 24.9. The van der Waals surface area contributed by atoms with Crippen LogP contribution < -0.4 is 5.73 Å². The molecule has 20 heavy (non-hydrogen) atoms. The number of benzene rings is 1. The van der Waals surface area contributed by atoms with E-state index in [2.05, 4.69) is 49.9 Å². The van der Waals surface area contributed by atoms with Crippen LogP contribution in [0.3, 0.4) is 0 Å². The van der Waals surface area contributed by atoms with E-state index in [9.17, 15) is 0 Å². The predicted molar refractivity (Wildman–Crippen MR) is 86.8 cm³/mol. The van der Waals surface area contributed by atoms with Crippen LogP contribution in [0.5, 0.6) is 0 Å². The molecule has 0 amide bonds. The van der Waals surface area contributed by atoms with Crippen LogP contribution in [-0.4, -0.2) is 23.5 Å². The quantitative estimate of drug-likeness (QED) is 0.882. The largest absolute Gasteiger partial charge is 0.328 e. The lowest BCUT2D eigenvalue weighted by atomic mass is 9.89. The summed E-state index contributed by atoms with van der Waals surface area (Å²) in [5.74, 6) is 0. The molecule has 2 N–H and O–H groups in total. The first-order valence-corrected chi connectivity index (χ1v) is 8.25. The Hall–Kier alpha value is -0.860. The van der Waals surface area contributed by atoms with Crippen LogP contribution in [-0.2, 0) is 6.42 Å². The number of hydrogen-bond acceptors (Lipinski definition) is 2. The van der Waals surface area contributed by atoms with E-state index in [4.69, 9.17) is 5.73 Å². The van der Waals surface area contributed by atoms with Crippen LogP contribution in [0, 0.1) is 0 Å². The Balaban J connectivity index is 2.05. The molecule has 1 aliphatic rings. The summed E-state index contributed by atoms with van der Waals surface area (Å²) >= 11 is 0. The lowest BCUT2D eigenvalue weighted by molar-refractivity contribution is 0.114. The fraction of sp³-hybridized carbons (Fsp3) is 0.667. The van der Waals surface area contributed by atoms with Gasteiger partial charge in [-0.15, -0.1) is 0 Å². The van der Waals surface area contributed by atoms with Crippen LogP contribution in [0.2, 0.25) is 0 Å². The van der Waals surface area contributed by atoms with Gasteiger partial charge in [0.1, 0.15) is 0 Å². The fourth-order valence-electron chi connectivity index (χ4n) is 3.50. The van der Waals surface area contributed by atoms with Crippen LogP contribution in [0.4, 0.5) is 0 Å². The minimum Gasteiger partial charge on any atom is -0.328 e. The maximum absolute atomic E-state index is 6.04. The molecule has 0 heterocycles. The van der Waals surface area contributed by atoms with E-state index in [1.807, 2.05) is 0 Å². The molecule has 0 saturated heterocycles. The highest BCUT2D eigenvalue weighted by Crippen LogP contribution is 2.29. The summed E-state index contributed by atoms with van der Waals surface area (Å²) in [5, 5.41) is 0. The molecular formula is C18H30N2. The van der Waals surface area contributed by atoms with Crippen LogP contribution in [0.1, 0.15) is 63.6 Å². The zero-order valence-corrected chi connectivity index (χ0v) is 13.3. The van der Waals surface area contributed by atoms with Crippen molar-refractivity contribution in [2.45, 2.75) is 71.0 Å². The minimum absolute atomic E-state index is 0.434. The van der Waals surface area contributed by atoms with Gasteiger partial charge in [-0.1, -0.05) is 38.1 Å². The highest BCUT2D eigenvalue weighted by atomic mass is 15.2. The second kappa shape index (κ2) is 7.24. The third kappa shape index (κ3) is 3.62. The number of nitrogens with zero attached hydrogens (tertiary/aromatic N) is 1. The van der Waals surface area contributed by atoms with E-state index < -0.39 is 0 Å². The van der Waals surface area contributed by atoms with E-state index in [0.29, 0.717) is 18.1 Å². The Morgan fingerprint density at radius 2 is 1.70 bits per heavy atom. The molecule has 1 fully saturated rings. The molecule has 1 saturated carbocycles. The first-order chi connectivity index (χ1) is 9.65. The Bertz CT molecular complexity index is 390. The Morgan fingerprint density at radius 1 is 1.10 bits per heavy atom. The van der Waals surface area contributed by atoms with Gasteiger partial charge in [-0.3, -0.25) is 4.90 Å². The Kier molecular flexibility index (Phi) is 5.62. The molecule has 1 unspecified atom stereocenters. The molecule has 2 nitrogen and oxygen atoms in total. The van der Waals surface area contributed by atoms with Gasteiger partial charge in [-0.25, -0.2) is 0 Å². The summed E-state index contributed by atoms with van der Waals surface area (Å²) < 4.78 is 0. The van der Waals surface area contributed by atoms with E-state index in [-0.39, 0.29) is 0 Å². The van der Waals surface area contributed by atoms with E-state index >= 15 is 0 Å². The summed E-state index contributed by atoms with van der Waals surface area (Å²) in [4.78, 5) is 2.66. The molecule has 0 aromatic heterocycles. The Morgan fingerprint density at radius 3 is 2.20 bits per heavy atom. The van der Waals surface area contributed by atoms with Gasteiger partial charge in [-0.05, 0) is 56.7 Å². The molecule has 0 aliphatic heterocycles. The zero-order valence-electron chi connectivity index (χ0n) is 13.3. The van der Waals surface area contributed by atoms with Crippen molar-refractivity contribution in [3.05, 3.63) is 35.4 Å². The van der Waals surface area contributed by atoms with Crippen molar-refractivity contribution < 1.29 is 0 Å². The van der Waals surface area contributed by atoms with Gasteiger partial charge in [0, 0.05) is 18.1 Å². The standard InChI is InChI=1S/C18H30N2/c1-4-15-6-8-16(9-7-15)14(3)20(5-2)18-12-10-17(19)11-13-18/h6-9,14,17-18H,4-5,10-13,19H2,1-3H3. The number of nitrogens with two attached hydrogens (primary N) is 1. The smallest absolute Gasteiger partial charge is 0.0322 e. The topological polar surface area (TPSA) is 29.3 Å². The molecule has 1 aliphatic carbocycles.